The van der Waals surface area contributed by atoms with Crippen LogP contribution in [0.15, 0.2) is 36.9 Å². The summed E-state index contributed by atoms with van der Waals surface area (Å²) in [5, 5.41) is 13.0. The molecule has 2 amide bonds. The summed E-state index contributed by atoms with van der Waals surface area (Å²) in [6.07, 6.45) is 3.03. The van der Waals surface area contributed by atoms with Crippen LogP contribution in [-0.2, 0) is 4.79 Å². The lowest BCUT2D eigenvalue weighted by Gasteiger charge is -2.31. The number of aryl methyl sites for hydroxylation is 1. The summed E-state index contributed by atoms with van der Waals surface area (Å²) in [7, 11) is 0. The van der Waals surface area contributed by atoms with Crippen LogP contribution in [0.25, 0.3) is 0 Å². The van der Waals surface area contributed by atoms with Crippen LogP contribution in [-0.4, -0.2) is 40.0 Å². The van der Waals surface area contributed by atoms with Gasteiger partial charge in [0.2, 0.25) is 5.91 Å². The minimum atomic E-state index is -0.270. The third kappa shape index (κ3) is 4.11. The first-order chi connectivity index (χ1) is 12.1. The van der Waals surface area contributed by atoms with Gasteiger partial charge in [-0.25, -0.2) is 0 Å². The smallest absolute Gasteiger partial charge is 0.253 e. The molecule has 1 aromatic heterocycles. The molecule has 6 nitrogen and oxygen atoms in total. The Morgan fingerprint density at radius 1 is 1.24 bits per heavy atom. The van der Waals surface area contributed by atoms with Gasteiger partial charge in [-0.2, -0.15) is 0 Å². The number of nitrogens with zero attached hydrogens (tertiary/aromatic N) is 3. The summed E-state index contributed by atoms with van der Waals surface area (Å²) in [6.45, 7) is 6.81. The summed E-state index contributed by atoms with van der Waals surface area (Å²) >= 11 is 1.64. The number of hydrogen-bond acceptors (Lipinski definition) is 5. The van der Waals surface area contributed by atoms with Gasteiger partial charge >= 0.3 is 0 Å². The molecule has 7 heteroatoms. The maximum atomic E-state index is 12.6. The lowest BCUT2D eigenvalue weighted by molar-refractivity contribution is -0.111. The average molecular weight is 356 g/mol. The average Bonchev–Trinajstić information content (AvgIpc) is 3.08. The Balaban J connectivity index is 1.58. The van der Waals surface area contributed by atoms with Crippen LogP contribution >= 0.6 is 11.3 Å². The zero-order valence-electron chi connectivity index (χ0n) is 14.1. The van der Waals surface area contributed by atoms with Gasteiger partial charge in [-0.1, -0.05) is 6.58 Å². The van der Waals surface area contributed by atoms with E-state index in [9.17, 15) is 9.59 Å². The van der Waals surface area contributed by atoms with Gasteiger partial charge in [0.1, 0.15) is 10.0 Å². The standard InChI is InChI=1S/C18H20N4O2S/c1-3-16(23)19-15-6-4-14(5-7-15)18(24)22-10-8-13(9-11-22)17-21-20-12(2)25-17/h3-7,13H,1,8-11H2,2H3,(H,19,23). The molecular formula is C18H20N4O2S. The molecule has 3 rings (SSSR count). The molecule has 130 valence electrons. The number of nitrogens with one attached hydrogen (secondary N) is 1. The lowest BCUT2D eigenvalue weighted by Crippen LogP contribution is -2.37. The van der Waals surface area contributed by atoms with Gasteiger partial charge in [0.05, 0.1) is 0 Å². The van der Waals surface area contributed by atoms with Gasteiger partial charge in [-0.3, -0.25) is 9.59 Å². The van der Waals surface area contributed by atoms with E-state index in [1.165, 1.54) is 6.08 Å². The first kappa shape index (κ1) is 17.3. The fourth-order valence-electron chi connectivity index (χ4n) is 2.88. The number of amides is 2. The number of carbonyl (C=O) groups excluding carboxylic acids is 2. The highest BCUT2D eigenvalue weighted by atomic mass is 32.1. The molecule has 0 aliphatic carbocycles. The third-order valence-corrected chi connectivity index (χ3v) is 5.26. The van der Waals surface area contributed by atoms with Gasteiger partial charge in [0.15, 0.2) is 0 Å². The molecule has 0 radical (unpaired) electrons. The zero-order valence-corrected chi connectivity index (χ0v) is 14.9. The highest BCUT2D eigenvalue weighted by Crippen LogP contribution is 2.30. The second-order valence-corrected chi connectivity index (χ2v) is 7.21. The molecule has 1 saturated heterocycles. The second kappa shape index (κ2) is 7.57. The summed E-state index contributed by atoms with van der Waals surface area (Å²) < 4.78 is 0. The van der Waals surface area contributed by atoms with Crippen molar-refractivity contribution in [2.75, 3.05) is 18.4 Å². The zero-order chi connectivity index (χ0) is 17.8. The van der Waals surface area contributed by atoms with Crippen molar-refractivity contribution in [3.05, 3.63) is 52.5 Å². The molecule has 0 bridgehead atoms. The Morgan fingerprint density at radius 3 is 2.48 bits per heavy atom. The monoisotopic (exact) mass is 356 g/mol. The first-order valence-electron chi connectivity index (χ1n) is 8.19. The van der Waals surface area contributed by atoms with Crippen molar-refractivity contribution in [3.8, 4) is 0 Å². The minimum Gasteiger partial charge on any atom is -0.339 e. The van der Waals surface area contributed by atoms with Crippen LogP contribution in [0.2, 0.25) is 0 Å². The minimum absolute atomic E-state index is 0.0218. The van der Waals surface area contributed by atoms with E-state index in [4.69, 9.17) is 0 Å². The van der Waals surface area contributed by atoms with E-state index in [-0.39, 0.29) is 11.8 Å². The number of piperidine rings is 1. The van der Waals surface area contributed by atoms with E-state index in [1.807, 2.05) is 11.8 Å². The summed E-state index contributed by atoms with van der Waals surface area (Å²) in [6, 6.07) is 6.93. The largest absolute Gasteiger partial charge is 0.339 e. The van der Waals surface area contributed by atoms with Crippen LogP contribution in [0.5, 0.6) is 0 Å². The number of rotatable bonds is 4. The van der Waals surface area contributed by atoms with Gasteiger partial charge in [-0.05, 0) is 50.1 Å². The number of carbonyl (C=O) groups is 2. The normalized spacial score (nSPS) is 15.0. The van der Waals surface area contributed by atoms with Crippen molar-refractivity contribution in [2.45, 2.75) is 25.7 Å². The van der Waals surface area contributed by atoms with Gasteiger partial charge in [0, 0.05) is 30.3 Å². The maximum absolute atomic E-state index is 12.6. The van der Waals surface area contributed by atoms with Crippen molar-refractivity contribution < 1.29 is 9.59 Å². The summed E-state index contributed by atoms with van der Waals surface area (Å²) in [5.41, 5.74) is 1.27. The first-order valence-corrected chi connectivity index (χ1v) is 9.01. The number of likely N-dealkylation sites (tertiary alicyclic amines) is 1. The highest BCUT2D eigenvalue weighted by molar-refractivity contribution is 7.11. The Hall–Kier alpha value is -2.54. The number of aromatic nitrogens is 2. The quantitative estimate of drug-likeness (QED) is 0.855. The molecule has 2 heterocycles. The van der Waals surface area contributed by atoms with E-state index < -0.39 is 0 Å². The maximum Gasteiger partial charge on any atom is 0.253 e. The van der Waals surface area contributed by atoms with Crippen molar-refractivity contribution in [2.24, 2.45) is 0 Å². The Kier molecular flexibility index (Phi) is 5.23. The Bertz CT molecular complexity index is 777. The fraction of sp³-hybridized carbons (Fsp3) is 0.333. The van der Waals surface area contributed by atoms with Crippen LogP contribution in [0, 0.1) is 6.92 Å². The molecular weight excluding hydrogens is 336 g/mol. The number of anilines is 1. The van der Waals surface area contributed by atoms with E-state index >= 15 is 0 Å². The lowest BCUT2D eigenvalue weighted by atomic mass is 9.97. The molecule has 0 unspecified atom stereocenters. The van der Waals surface area contributed by atoms with Crippen LogP contribution < -0.4 is 5.32 Å². The van der Waals surface area contributed by atoms with Crippen LogP contribution in [0.3, 0.4) is 0 Å². The molecule has 1 aromatic carbocycles. The number of benzene rings is 1. The Morgan fingerprint density at radius 2 is 1.92 bits per heavy atom. The molecule has 2 aromatic rings. The molecule has 25 heavy (non-hydrogen) atoms. The van der Waals surface area contributed by atoms with E-state index in [1.54, 1.807) is 35.6 Å². The third-order valence-electron chi connectivity index (χ3n) is 4.26. The SMILES string of the molecule is C=CC(=O)Nc1ccc(C(=O)N2CCC(c3nnc(C)s3)CC2)cc1. The summed E-state index contributed by atoms with van der Waals surface area (Å²) in [5.74, 6) is 0.147. The van der Waals surface area contributed by atoms with Crippen molar-refractivity contribution in [1.82, 2.24) is 15.1 Å². The predicted octanol–water partition coefficient (Wildman–Crippen LogP) is 2.99. The molecule has 1 aliphatic heterocycles. The van der Waals surface area contributed by atoms with Crippen molar-refractivity contribution in [3.63, 3.8) is 0 Å². The van der Waals surface area contributed by atoms with Crippen molar-refractivity contribution >= 4 is 28.8 Å². The topological polar surface area (TPSA) is 75.2 Å². The van der Waals surface area contributed by atoms with E-state index in [0.717, 1.165) is 35.9 Å². The van der Waals surface area contributed by atoms with E-state index in [0.29, 0.717) is 17.2 Å². The van der Waals surface area contributed by atoms with Crippen LogP contribution in [0.1, 0.15) is 39.1 Å². The summed E-state index contributed by atoms with van der Waals surface area (Å²) in [4.78, 5) is 25.8. The molecule has 0 spiro atoms. The van der Waals surface area contributed by atoms with Gasteiger partial charge < -0.3 is 10.2 Å². The second-order valence-electron chi connectivity index (χ2n) is 6.00. The molecule has 0 saturated carbocycles. The number of hydrogen-bond donors (Lipinski definition) is 1. The van der Waals surface area contributed by atoms with E-state index in [2.05, 4.69) is 22.1 Å². The van der Waals surface area contributed by atoms with Crippen LogP contribution in [0.4, 0.5) is 5.69 Å². The molecule has 1 aliphatic rings. The van der Waals surface area contributed by atoms with Gasteiger partial charge in [0.25, 0.3) is 5.91 Å². The molecule has 1 N–H and O–H groups in total. The fourth-order valence-corrected chi connectivity index (χ4v) is 3.75. The highest BCUT2D eigenvalue weighted by Gasteiger charge is 2.26. The molecule has 1 fully saturated rings. The van der Waals surface area contributed by atoms with Crippen molar-refractivity contribution in [1.29, 1.82) is 0 Å². The molecule has 0 atom stereocenters. The predicted molar refractivity (Wildman–Crippen MR) is 97.8 cm³/mol. The van der Waals surface area contributed by atoms with Gasteiger partial charge in [-0.15, -0.1) is 21.5 Å². The Labute approximate surface area is 150 Å².